The largest absolute Gasteiger partial charge is 0.462 e. The molecule has 94 valence electrons. The molecule has 0 radical (unpaired) electrons. The highest BCUT2D eigenvalue weighted by molar-refractivity contribution is 5.90. The van der Waals surface area contributed by atoms with Gasteiger partial charge in [0.05, 0.1) is 24.7 Å². The molecule has 0 bridgehead atoms. The Morgan fingerprint density at radius 3 is 2.94 bits per heavy atom. The molecule has 0 aliphatic heterocycles. The van der Waals surface area contributed by atoms with Gasteiger partial charge < -0.3 is 4.74 Å². The van der Waals surface area contributed by atoms with Gasteiger partial charge in [-0.3, -0.25) is 4.98 Å². The van der Waals surface area contributed by atoms with Crippen molar-refractivity contribution in [2.45, 2.75) is 13.8 Å². The Balaban J connectivity index is 2.43. The molecule has 0 aliphatic carbocycles. The molecule has 2 rings (SSSR count). The molecule has 0 aliphatic rings. The van der Waals surface area contributed by atoms with Crippen LogP contribution in [0.3, 0.4) is 0 Å². The molecule has 2 aromatic heterocycles. The molecule has 0 amide bonds. The maximum atomic E-state index is 13.6. The molecule has 0 saturated carbocycles. The summed E-state index contributed by atoms with van der Waals surface area (Å²) >= 11 is 0. The Morgan fingerprint density at radius 2 is 2.28 bits per heavy atom. The first kappa shape index (κ1) is 12.2. The third kappa shape index (κ3) is 2.09. The first-order valence-electron chi connectivity index (χ1n) is 5.46. The average molecular weight is 249 g/mol. The smallest absolute Gasteiger partial charge is 0.341 e. The Labute approximate surface area is 103 Å². The maximum Gasteiger partial charge on any atom is 0.341 e. The summed E-state index contributed by atoms with van der Waals surface area (Å²) in [5, 5.41) is 4.00. The molecule has 6 heteroatoms. The van der Waals surface area contributed by atoms with Crippen LogP contribution in [0.25, 0.3) is 5.69 Å². The second kappa shape index (κ2) is 4.95. The molecule has 2 heterocycles. The van der Waals surface area contributed by atoms with Crippen LogP contribution in [-0.4, -0.2) is 27.3 Å². The minimum Gasteiger partial charge on any atom is -0.462 e. The summed E-state index contributed by atoms with van der Waals surface area (Å²) in [6.07, 6.45) is 3.93. The quantitative estimate of drug-likeness (QED) is 0.779. The summed E-state index contributed by atoms with van der Waals surface area (Å²) in [7, 11) is 0. The molecular formula is C12H12FN3O2. The molecule has 0 saturated heterocycles. The van der Waals surface area contributed by atoms with Crippen LogP contribution in [0, 0.1) is 12.7 Å². The van der Waals surface area contributed by atoms with Gasteiger partial charge in [0.2, 0.25) is 0 Å². The number of pyridine rings is 1. The van der Waals surface area contributed by atoms with Crippen molar-refractivity contribution in [3.05, 3.63) is 41.7 Å². The number of carbonyl (C=O) groups excluding carboxylic acids is 1. The van der Waals surface area contributed by atoms with E-state index in [4.69, 9.17) is 4.74 Å². The second-order valence-corrected chi connectivity index (χ2v) is 3.60. The van der Waals surface area contributed by atoms with Gasteiger partial charge in [-0.2, -0.15) is 5.10 Å². The minimum atomic E-state index is -0.501. The fraction of sp³-hybridized carbons (Fsp3) is 0.250. The van der Waals surface area contributed by atoms with Gasteiger partial charge in [-0.05, 0) is 19.9 Å². The van der Waals surface area contributed by atoms with E-state index >= 15 is 0 Å². The minimum absolute atomic E-state index is 0.248. The summed E-state index contributed by atoms with van der Waals surface area (Å²) in [6.45, 7) is 3.69. The average Bonchev–Trinajstić information content (AvgIpc) is 2.72. The summed E-state index contributed by atoms with van der Waals surface area (Å²) < 4.78 is 19.8. The van der Waals surface area contributed by atoms with Crippen LogP contribution in [0.15, 0.2) is 24.7 Å². The molecule has 2 aromatic rings. The number of aromatic nitrogens is 3. The van der Waals surface area contributed by atoms with Crippen molar-refractivity contribution < 1.29 is 13.9 Å². The SMILES string of the molecule is CCOC(=O)c1cnn(-c2ccncc2F)c1C. The lowest BCUT2D eigenvalue weighted by Gasteiger charge is -2.05. The number of hydrogen-bond donors (Lipinski definition) is 0. The molecule has 0 N–H and O–H groups in total. The zero-order valence-electron chi connectivity index (χ0n) is 10.1. The van der Waals surface area contributed by atoms with E-state index in [1.54, 1.807) is 13.8 Å². The molecule has 5 nitrogen and oxygen atoms in total. The van der Waals surface area contributed by atoms with E-state index < -0.39 is 11.8 Å². The normalized spacial score (nSPS) is 10.4. The van der Waals surface area contributed by atoms with Crippen molar-refractivity contribution in [1.29, 1.82) is 0 Å². The number of esters is 1. The highest BCUT2D eigenvalue weighted by Gasteiger charge is 2.17. The topological polar surface area (TPSA) is 57.0 Å². The van der Waals surface area contributed by atoms with E-state index in [1.165, 1.54) is 23.1 Å². The van der Waals surface area contributed by atoms with Gasteiger partial charge in [0.1, 0.15) is 11.3 Å². The number of nitrogens with zero attached hydrogens (tertiary/aromatic N) is 3. The lowest BCUT2D eigenvalue weighted by Crippen LogP contribution is -2.07. The fourth-order valence-corrected chi connectivity index (χ4v) is 1.60. The van der Waals surface area contributed by atoms with Crippen LogP contribution in [-0.2, 0) is 4.74 Å². The zero-order valence-corrected chi connectivity index (χ0v) is 10.1. The molecule has 0 fully saturated rings. The number of halogens is 1. The Kier molecular flexibility index (Phi) is 3.36. The Hall–Kier alpha value is -2.24. The summed E-state index contributed by atoms with van der Waals surface area (Å²) in [6, 6.07) is 1.49. The van der Waals surface area contributed by atoms with Gasteiger partial charge in [0, 0.05) is 6.20 Å². The number of hydrogen-bond acceptors (Lipinski definition) is 4. The molecular weight excluding hydrogens is 237 g/mol. The highest BCUT2D eigenvalue weighted by atomic mass is 19.1. The fourth-order valence-electron chi connectivity index (χ4n) is 1.60. The van der Waals surface area contributed by atoms with Gasteiger partial charge in [-0.25, -0.2) is 13.9 Å². The van der Waals surface area contributed by atoms with Crippen molar-refractivity contribution in [3.8, 4) is 5.69 Å². The molecule has 0 spiro atoms. The van der Waals surface area contributed by atoms with Crippen molar-refractivity contribution >= 4 is 5.97 Å². The van der Waals surface area contributed by atoms with Crippen molar-refractivity contribution in [2.75, 3.05) is 6.61 Å². The van der Waals surface area contributed by atoms with Crippen molar-refractivity contribution in [3.63, 3.8) is 0 Å². The van der Waals surface area contributed by atoms with Crippen LogP contribution in [0.4, 0.5) is 4.39 Å². The van der Waals surface area contributed by atoms with E-state index in [2.05, 4.69) is 10.1 Å². The number of carbonyl (C=O) groups is 1. The van der Waals surface area contributed by atoms with E-state index in [9.17, 15) is 9.18 Å². The zero-order chi connectivity index (χ0) is 13.1. The molecule has 0 aromatic carbocycles. The van der Waals surface area contributed by atoms with Crippen molar-refractivity contribution in [1.82, 2.24) is 14.8 Å². The van der Waals surface area contributed by atoms with Gasteiger partial charge in [-0.15, -0.1) is 0 Å². The lowest BCUT2D eigenvalue weighted by molar-refractivity contribution is 0.0525. The van der Waals surface area contributed by atoms with Crippen LogP contribution < -0.4 is 0 Å². The standard InChI is InChI=1S/C12H12FN3O2/c1-3-18-12(17)9-6-15-16(8(9)2)11-4-5-14-7-10(11)13/h4-7H,3H2,1-2H3. The number of ether oxygens (including phenoxy) is 1. The lowest BCUT2D eigenvalue weighted by atomic mass is 10.2. The van der Waals surface area contributed by atoms with Gasteiger partial charge >= 0.3 is 5.97 Å². The van der Waals surface area contributed by atoms with E-state index in [0.29, 0.717) is 11.3 Å². The predicted octanol–water partition coefficient (Wildman–Crippen LogP) is 1.89. The van der Waals surface area contributed by atoms with Crippen LogP contribution in [0.5, 0.6) is 0 Å². The van der Waals surface area contributed by atoms with Gasteiger partial charge in [0.15, 0.2) is 5.82 Å². The van der Waals surface area contributed by atoms with Crippen LogP contribution in [0.1, 0.15) is 23.0 Å². The van der Waals surface area contributed by atoms with Crippen molar-refractivity contribution in [2.24, 2.45) is 0 Å². The summed E-state index contributed by atoms with van der Waals surface area (Å²) in [5.41, 5.74) is 1.10. The van der Waals surface area contributed by atoms with E-state index in [-0.39, 0.29) is 12.3 Å². The first-order valence-corrected chi connectivity index (χ1v) is 5.46. The first-order chi connectivity index (χ1) is 8.65. The van der Waals surface area contributed by atoms with E-state index in [1.807, 2.05) is 0 Å². The Morgan fingerprint density at radius 1 is 1.50 bits per heavy atom. The van der Waals surface area contributed by atoms with Gasteiger partial charge in [0.25, 0.3) is 0 Å². The molecule has 18 heavy (non-hydrogen) atoms. The predicted molar refractivity (Wildman–Crippen MR) is 62.0 cm³/mol. The number of rotatable bonds is 3. The monoisotopic (exact) mass is 249 g/mol. The summed E-state index contributed by atoms with van der Waals surface area (Å²) in [5.74, 6) is -0.963. The van der Waals surface area contributed by atoms with Crippen LogP contribution in [0.2, 0.25) is 0 Å². The van der Waals surface area contributed by atoms with Gasteiger partial charge in [-0.1, -0.05) is 0 Å². The Bertz CT molecular complexity index is 580. The van der Waals surface area contributed by atoms with Crippen LogP contribution >= 0.6 is 0 Å². The van der Waals surface area contributed by atoms with E-state index in [0.717, 1.165) is 6.20 Å². The maximum absolute atomic E-state index is 13.6. The molecule has 0 atom stereocenters. The highest BCUT2D eigenvalue weighted by Crippen LogP contribution is 2.16. The third-order valence-corrected chi connectivity index (χ3v) is 2.48. The third-order valence-electron chi connectivity index (χ3n) is 2.48. The summed E-state index contributed by atoms with van der Waals surface area (Å²) in [4.78, 5) is 15.3. The second-order valence-electron chi connectivity index (χ2n) is 3.60. The molecule has 0 unspecified atom stereocenters.